The van der Waals surface area contributed by atoms with Gasteiger partial charge in [-0.15, -0.1) is 11.3 Å². The zero-order chi connectivity index (χ0) is 10.8. The summed E-state index contributed by atoms with van der Waals surface area (Å²) in [5.41, 5.74) is 2.42. The van der Waals surface area contributed by atoms with Crippen LogP contribution in [0.5, 0.6) is 0 Å². The fraction of sp³-hybridized carbons (Fsp3) is 0.417. The molecule has 0 saturated heterocycles. The summed E-state index contributed by atoms with van der Waals surface area (Å²) in [5, 5.41) is 4.49. The number of hydrogen-bond donors (Lipinski definition) is 1. The molecule has 0 bridgehead atoms. The lowest BCUT2D eigenvalue weighted by atomic mass is 10.2. The van der Waals surface area contributed by atoms with E-state index in [0.717, 1.165) is 11.9 Å². The molecule has 1 N–H and O–H groups in total. The summed E-state index contributed by atoms with van der Waals surface area (Å²) < 4.78 is 1.29. The Labute approximate surface area is 94.3 Å². The molecule has 1 unspecified atom stereocenters. The monoisotopic (exact) mass is 220 g/mol. The Bertz CT molecular complexity index is 458. The van der Waals surface area contributed by atoms with E-state index in [2.05, 4.69) is 37.4 Å². The predicted molar refractivity (Wildman–Crippen MR) is 66.4 cm³/mol. The highest BCUT2D eigenvalue weighted by Crippen LogP contribution is 2.29. The van der Waals surface area contributed by atoms with E-state index in [1.54, 1.807) is 11.3 Å². The molecule has 2 rings (SSSR count). The topological polar surface area (TPSA) is 24.9 Å². The van der Waals surface area contributed by atoms with Gasteiger partial charge in [-0.05, 0) is 32.0 Å². The number of para-hydroxylation sites is 1. The van der Waals surface area contributed by atoms with Gasteiger partial charge in [-0.25, -0.2) is 4.98 Å². The number of benzene rings is 1. The van der Waals surface area contributed by atoms with Crippen molar-refractivity contribution in [3.63, 3.8) is 0 Å². The van der Waals surface area contributed by atoms with E-state index in [9.17, 15) is 0 Å². The van der Waals surface area contributed by atoms with Gasteiger partial charge in [-0.3, -0.25) is 0 Å². The summed E-state index contributed by atoms with van der Waals surface area (Å²) in [4.78, 5) is 4.71. The lowest BCUT2D eigenvalue weighted by Gasteiger charge is -2.08. The van der Waals surface area contributed by atoms with Crippen molar-refractivity contribution in [2.24, 2.45) is 0 Å². The molecule has 0 spiro atoms. The zero-order valence-electron chi connectivity index (χ0n) is 9.37. The van der Waals surface area contributed by atoms with E-state index in [1.807, 2.05) is 7.05 Å². The first-order valence-corrected chi connectivity index (χ1v) is 6.11. The summed E-state index contributed by atoms with van der Waals surface area (Å²) >= 11 is 1.80. The minimum Gasteiger partial charge on any atom is -0.311 e. The molecule has 0 aliphatic carbocycles. The van der Waals surface area contributed by atoms with E-state index in [1.165, 1.54) is 15.3 Å². The summed E-state index contributed by atoms with van der Waals surface area (Å²) in [5.74, 6) is 0. The van der Waals surface area contributed by atoms with Crippen LogP contribution < -0.4 is 5.32 Å². The third-order valence-corrected chi connectivity index (χ3v) is 3.83. The highest BCUT2D eigenvalue weighted by atomic mass is 32.1. The maximum absolute atomic E-state index is 4.71. The maximum atomic E-state index is 4.71. The molecule has 0 amide bonds. The van der Waals surface area contributed by atoms with Crippen molar-refractivity contribution in [3.8, 4) is 0 Å². The van der Waals surface area contributed by atoms with Crippen molar-refractivity contribution in [3.05, 3.63) is 28.8 Å². The molecule has 1 atom stereocenters. The van der Waals surface area contributed by atoms with Crippen molar-refractivity contribution < 1.29 is 0 Å². The molecule has 80 valence electrons. The van der Waals surface area contributed by atoms with Crippen LogP contribution in [0.1, 0.15) is 30.0 Å². The second kappa shape index (κ2) is 4.29. The standard InChI is InChI=1S/C12H16N2S/c1-4-9(13-3)12-14-11-8(2)6-5-7-10(11)15-12/h5-7,9,13H,4H2,1-3H3. The van der Waals surface area contributed by atoms with Crippen LogP contribution in [0.4, 0.5) is 0 Å². The summed E-state index contributed by atoms with van der Waals surface area (Å²) in [6.07, 6.45) is 1.08. The molecular weight excluding hydrogens is 204 g/mol. The molecule has 2 nitrogen and oxygen atoms in total. The van der Waals surface area contributed by atoms with Gasteiger partial charge in [0, 0.05) is 0 Å². The molecule has 15 heavy (non-hydrogen) atoms. The minimum absolute atomic E-state index is 0.391. The van der Waals surface area contributed by atoms with Crippen molar-refractivity contribution in [2.45, 2.75) is 26.3 Å². The molecule has 0 saturated carbocycles. The first kappa shape index (κ1) is 10.6. The largest absolute Gasteiger partial charge is 0.311 e. The van der Waals surface area contributed by atoms with Crippen molar-refractivity contribution in [1.82, 2.24) is 10.3 Å². The second-order valence-electron chi connectivity index (χ2n) is 3.72. The van der Waals surface area contributed by atoms with Crippen LogP contribution >= 0.6 is 11.3 Å². The zero-order valence-corrected chi connectivity index (χ0v) is 10.2. The number of aromatic nitrogens is 1. The van der Waals surface area contributed by atoms with Crippen LogP contribution in [0.25, 0.3) is 10.2 Å². The fourth-order valence-corrected chi connectivity index (χ4v) is 2.99. The van der Waals surface area contributed by atoms with Gasteiger partial charge < -0.3 is 5.32 Å². The summed E-state index contributed by atoms with van der Waals surface area (Å²) in [6, 6.07) is 6.75. The Kier molecular flexibility index (Phi) is 3.03. The Morgan fingerprint density at radius 1 is 1.47 bits per heavy atom. The highest BCUT2D eigenvalue weighted by molar-refractivity contribution is 7.18. The third kappa shape index (κ3) is 1.90. The van der Waals surface area contributed by atoms with Crippen LogP contribution in [0.3, 0.4) is 0 Å². The van der Waals surface area contributed by atoms with Crippen LogP contribution in [-0.2, 0) is 0 Å². The number of nitrogens with zero attached hydrogens (tertiary/aromatic N) is 1. The molecule has 0 aliphatic heterocycles. The van der Waals surface area contributed by atoms with Crippen LogP contribution in [0.15, 0.2) is 18.2 Å². The Balaban J connectivity index is 2.51. The Hall–Kier alpha value is -0.930. The van der Waals surface area contributed by atoms with Gasteiger partial charge >= 0.3 is 0 Å². The van der Waals surface area contributed by atoms with Crippen LogP contribution in [0, 0.1) is 6.92 Å². The lowest BCUT2D eigenvalue weighted by molar-refractivity contribution is 0.574. The summed E-state index contributed by atoms with van der Waals surface area (Å²) in [7, 11) is 1.99. The Morgan fingerprint density at radius 2 is 2.27 bits per heavy atom. The van der Waals surface area contributed by atoms with E-state index >= 15 is 0 Å². The number of hydrogen-bond acceptors (Lipinski definition) is 3. The molecule has 0 radical (unpaired) electrons. The predicted octanol–water partition coefficient (Wildman–Crippen LogP) is 3.28. The van der Waals surface area contributed by atoms with Crippen molar-refractivity contribution in [2.75, 3.05) is 7.05 Å². The van der Waals surface area contributed by atoms with Crippen LogP contribution in [0.2, 0.25) is 0 Å². The van der Waals surface area contributed by atoms with E-state index < -0.39 is 0 Å². The average Bonchev–Trinajstić information content (AvgIpc) is 2.65. The fourth-order valence-electron chi connectivity index (χ4n) is 1.75. The molecule has 0 aliphatic rings. The second-order valence-corrected chi connectivity index (χ2v) is 4.79. The van der Waals surface area contributed by atoms with Gasteiger partial charge in [-0.2, -0.15) is 0 Å². The van der Waals surface area contributed by atoms with Gasteiger partial charge in [-0.1, -0.05) is 19.1 Å². The maximum Gasteiger partial charge on any atom is 0.111 e. The van der Waals surface area contributed by atoms with Crippen molar-refractivity contribution >= 4 is 21.6 Å². The first-order chi connectivity index (χ1) is 7.26. The molecule has 1 heterocycles. The van der Waals surface area contributed by atoms with Gasteiger partial charge in [0.2, 0.25) is 0 Å². The third-order valence-electron chi connectivity index (χ3n) is 2.69. The molecule has 3 heteroatoms. The average molecular weight is 220 g/mol. The van der Waals surface area contributed by atoms with E-state index in [-0.39, 0.29) is 0 Å². The van der Waals surface area contributed by atoms with Gasteiger partial charge in [0.1, 0.15) is 5.01 Å². The number of thiazole rings is 1. The van der Waals surface area contributed by atoms with E-state index in [4.69, 9.17) is 4.98 Å². The molecule has 2 aromatic rings. The normalized spacial score (nSPS) is 13.3. The van der Waals surface area contributed by atoms with Crippen molar-refractivity contribution in [1.29, 1.82) is 0 Å². The minimum atomic E-state index is 0.391. The van der Waals surface area contributed by atoms with E-state index in [0.29, 0.717) is 6.04 Å². The quantitative estimate of drug-likeness (QED) is 0.858. The number of aryl methyl sites for hydroxylation is 1. The molecule has 0 fully saturated rings. The van der Waals surface area contributed by atoms with Gasteiger partial charge in [0.25, 0.3) is 0 Å². The SMILES string of the molecule is CCC(NC)c1nc2c(C)cccc2s1. The molecule has 1 aromatic heterocycles. The number of fused-ring (bicyclic) bond motifs is 1. The lowest BCUT2D eigenvalue weighted by Crippen LogP contribution is -2.14. The first-order valence-electron chi connectivity index (χ1n) is 5.29. The molecule has 1 aromatic carbocycles. The van der Waals surface area contributed by atoms with Gasteiger partial charge in [0.15, 0.2) is 0 Å². The smallest absolute Gasteiger partial charge is 0.111 e. The highest BCUT2D eigenvalue weighted by Gasteiger charge is 2.12. The summed E-state index contributed by atoms with van der Waals surface area (Å²) in [6.45, 7) is 4.30. The number of rotatable bonds is 3. The number of nitrogens with one attached hydrogen (secondary N) is 1. The molecular formula is C12H16N2S. The van der Waals surface area contributed by atoms with Crippen LogP contribution in [-0.4, -0.2) is 12.0 Å². The Morgan fingerprint density at radius 3 is 2.87 bits per heavy atom. The van der Waals surface area contributed by atoms with Gasteiger partial charge in [0.05, 0.1) is 16.3 Å².